The van der Waals surface area contributed by atoms with Crippen LogP contribution in [0.1, 0.15) is 60.3 Å². The number of rotatable bonds is 8. The van der Waals surface area contributed by atoms with Gasteiger partial charge in [0.05, 0.1) is 0 Å². The minimum atomic E-state index is -0.249. The van der Waals surface area contributed by atoms with Crippen LogP contribution in [0.15, 0.2) is 12.2 Å². The van der Waals surface area contributed by atoms with Crippen molar-refractivity contribution in [1.82, 2.24) is 0 Å². The fourth-order valence-corrected chi connectivity index (χ4v) is 2.22. The van der Waals surface area contributed by atoms with Gasteiger partial charge < -0.3 is 4.74 Å². The summed E-state index contributed by atoms with van der Waals surface area (Å²) in [5.41, 5.74) is 0.488. The topological polar surface area (TPSA) is 26.3 Å². The first-order valence-corrected chi connectivity index (χ1v) is 6.80. The van der Waals surface area contributed by atoms with E-state index in [4.69, 9.17) is 4.74 Å². The van der Waals surface area contributed by atoms with E-state index in [0.29, 0.717) is 17.4 Å². The van der Waals surface area contributed by atoms with Gasteiger partial charge >= 0.3 is 5.97 Å². The average molecular weight is 240 g/mol. The third-order valence-corrected chi connectivity index (χ3v) is 3.03. The minimum Gasteiger partial charge on any atom is -0.458 e. The lowest BCUT2D eigenvalue weighted by Crippen LogP contribution is -2.32. The van der Waals surface area contributed by atoms with E-state index in [1.807, 2.05) is 0 Å². The Labute approximate surface area is 106 Å². The molecule has 2 nitrogen and oxygen atoms in total. The zero-order valence-electron chi connectivity index (χ0n) is 12.1. The molecule has 0 spiro atoms. The van der Waals surface area contributed by atoms with E-state index in [1.54, 1.807) is 6.92 Å². The third-order valence-electron chi connectivity index (χ3n) is 3.03. The molecule has 0 aromatic carbocycles. The van der Waals surface area contributed by atoms with Crippen LogP contribution in [-0.2, 0) is 9.53 Å². The minimum absolute atomic E-state index is 0.0269. The van der Waals surface area contributed by atoms with Crippen molar-refractivity contribution in [3.8, 4) is 0 Å². The lowest BCUT2D eigenvalue weighted by molar-refractivity contribution is -0.150. The molecule has 0 aliphatic rings. The molecular formula is C15H28O2. The summed E-state index contributed by atoms with van der Waals surface area (Å²) in [4.78, 5) is 11.6. The second-order valence-corrected chi connectivity index (χ2v) is 5.23. The molecule has 0 saturated carbocycles. The predicted octanol–water partition coefficient (Wildman–Crippen LogP) is 4.35. The van der Waals surface area contributed by atoms with E-state index < -0.39 is 0 Å². The highest BCUT2D eigenvalue weighted by Crippen LogP contribution is 2.26. The van der Waals surface area contributed by atoms with Gasteiger partial charge in [-0.15, -0.1) is 0 Å². The van der Waals surface area contributed by atoms with Crippen molar-refractivity contribution in [2.45, 2.75) is 66.4 Å². The Hall–Kier alpha value is -0.790. The monoisotopic (exact) mass is 240 g/mol. The number of carbonyl (C=O) groups is 1. The number of esters is 1. The zero-order chi connectivity index (χ0) is 13.4. The third kappa shape index (κ3) is 5.90. The van der Waals surface area contributed by atoms with E-state index in [1.165, 1.54) is 0 Å². The second kappa shape index (κ2) is 8.32. The van der Waals surface area contributed by atoms with Crippen molar-refractivity contribution in [2.75, 3.05) is 0 Å². The second-order valence-electron chi connectivity index (χ2n) is 5.23. The normalized spacial score (nSPS) is 12.9. The van der Waals surface area contributed by atoms with Gasteiger partial charge in [-0.1, -0.05) is 47.1 Å². The summed E-state index contributed by atoms with van der Waals surface area (Å²) in [5.74, 6) is 0.593. The standard InChI is InChI=1S/C15H28O2/c1-7-9-13(10-8-2)14(11(3)4)17-15(16)12(5)6/h11,13-14H,5,7-10H2,1-4,6H3. The highest BCUT2D eigenvalue weighted by Gasteiger charge is 2.27. The maximum atomic E-state index is 11.6. The summed E-state index contributed by atoms with van der Waals surface area (Å²) in [6.45, 7) is 13.9. The van der Waals surface area contributed by atoms with Crippen molar-refractivity contribution in [1.29, 1.82) is 0 Å². The Balaban J connectivity index is 4.66. The van der Waals surface area contributed by atoms with E-state index in [-0.39, 0.29) is 12.1 Å². The maximum absolute atomic E-state index is 11.6. The van der Waals surface area contributed by atoms with E-state index >= 15 is 0 Å². The molecule has 0 aliphatic carbocycles. The van der Waals surface area contributed by atoms with Crippen LogP contribution in [0.5, 0.6) is 0 Å². The molecule has 0 rings (SSSR count). The van der Waals surface area contributed by atoms with Crippen molar-refractivity contribution in [2.24, 2.45) is 11.8 Å². The molecule has 0 aliphatic heterocycles. The van der Waals surface area contributed by atoms with Gasteiger partial charge in [-0.25, -0.2) is 4.79 Å². The molecule has 1 atom stereocenters. The highest BCUT2D eigenvalue weighted by molar-refractivity contribution is 5.87. The maximum Gasteiger partial charge on any atom is 0.333 e. The first-order chi connectivity index (χ1) is 7.93. The number of hydrogen-bond donors (Lipinski definition) is 0. The first kappa shape index (κ1) is 16.2. The lowest BCUT2D eigenvalue weighted by atomic mass is 9.86. The Kier molecular flexibility index (Phi) is 7.94. The van der Waals surface area contributed by atoms with Gasteiger partial charge in [-0.05, 0) is 31.6 Å². The highest BCUT2D eigenvalue weighted by atomic mass is 16.5. The first-order valence-electron chi connectivity index (χ1n) is 6.80. The van der Waals surface area contributed by atoms with Crippen LogP contribution in [0.2, 0.25) is 0 Å². The van der Waals surface area contributed by atoms with E-state index in [9.17, 15) is 4.79 Å². The molecule has 0 heterocycles. The van der Waals surface area contributed by atoms with Gasteiger partial charge in [-0.3, -0.25) is 0 Å². The van der Waals surface area contributed by atoms with Crippen LogP contribution in [0, 0.1) is 11.8 Å². The summed E-state index contributed by atoms with van der Waals surface area (Å²) in [6, 6.07) is 0. The quantitative estimate of drug-likeness (QED) is 0.466. The summed E-state index contributed by atoms with van der Waals surface area (Å²) >= 11 is 0. The van der Waals surface area contributed by atoms with Crippen molar-refractivity contribution < 1.29 is 9.53 Å². The van der Waals surface area contributed by atoms with Crippen molar-refractivity contribution in [3.63, 3.8) is 0 Å². The van der Waals surface area contributed by atoms with Gasteiger partial charge in [0.15, 0.2) is 0 Å². The van der Waals surface area contributed by atoms with Crippen LogP contribution in [-0.4, -0.2) is 12.1 Å². The summed E-state index contributed by atoms with van der Waals surface area (Å²) in [5, 5.41) is 0. The molecule has 17 heavy (non-hydrogen) atoms. The van der Waals surface area contributed by atoms with Gasteiger partial charge in [0.2, 0.25) is 0 Å². The Morgan fingerprint density at radius 1 is 1.18 bits per heavy atom. The van der Waals surface area contributed by atoms with Crippen molar-refractivity contribution in [3.05, 3.63) is 12.2 Å². The predicted molar refractivity (Wildman–Crippen MR) is 72.8 cm³/mol. The molecule has 0 saturated heterocycles. The van der Waals surface area contributed by atoms with E-state index in [0.717, 1.165) is 25.7 Å². The molecule has 0 N–H and O–H groups in total. The van der Waals surface area contributed by atoms with Gasteiger partial charge in [0.25, 0.3) is 0 Å². The molecule has 0 amide bonds. The SMILES string of the molecule is C=C(C)C(=O)OC(C(C)C)C(CCC)CCC. The van der Waals surface area contributed by atoms with E-state index in [2.05, 4.69) is 34.3 Å². The van der Waals surface area contributed by atoms with Crippen LogP contribution in [0.4, 0.5) is 0 Å². The Bertz CT molecular complexity index is 237. The number of ether oxygens (including phenoxy) is 1. The van der Waals surface area contributed by atoms with Gasteiger partial charge in [0, 0.05) is 5.57 Å². The van der Waals surface area contributed by atoms with Crippen LogP contribution in [0.25, 0.3) is 0 Å². The molecule has 2 heteroatoms. The molecule has 0 aromatic heterocycles. The summed E-state index contributed by atoms with van der Waals surface area (Å²) in [6.07, 6.45) is 4.55. The van der Waals surface area contributed by atoms with Crippen molar-refractivity contribution >= 4 is 5.97 Å². The molecule has 0 fully saturated rings. The fourth-order valence-electron chi connectivity index (χ4n) is 2.22. The largest absolute Gasteiger partial charge is 0.458 e. The van der Waals surface area contributed by atoms with Gasteiger partial charge in [0.1, 0.15) is 6.10 Å². The number of hydrogen-bond acceptors (Lipinski definition) is 2. The molecule has 100 valence electrons. The molecule has 0 radical (unpaired) electrons. The molecule has 1 unspecified atom stereocenters. The fraction of sp³-hybridized carbons (Fsp3) is 0.800. The summed E-state index contributed by atoms with van der Waals surface area (Å²) < 4.78 is 5.60. The smallest absolute Gasteiger partial charge is 0.333 e. The number of carbonyl (C=O) groups excluding carboxylic acids is 1. The Morgan fingerprint density at radius 2 is 1.65 bits per heavy atom. The lowest BCUT2D eigenvalue weighted by Gasteiger charge is -2.29. The molecular weight excluding hydrogens is 212 g/mol. The zero-order valence-corrected chi connectivity index (χ0v) is 12.1. The van der Waals surface area contributed by atoms with Crippen LogP contribution >= 0.6 is 0 Å². The molecule has 0 aromatic rings. The Morgan fingerprint density at radius 3 is 1.94 bits per heavy atom. The van der Waals surface area contributed by atoms with Gasteiger partial charge in [-0.2, -0.15) is 0 Å². The molecule has 0 bridgehead atoms. The summed E-state index contributed by atoms with van der Waals surface area (Å²) in [7, 11) is 0. The average Bonchev–Trinajstić information content (AvgIpc) is 2.24. The van der Waals surface area contributed by atoms with Crippen LogP contribution < -0.4 is 0 Å². The van der Waals surface area contributed by atoms with Crippen LogP contribution in [0.3, 0.4) is 0 Å².